The quantitative estimate of drug-likeness (QED) is 0.472. The minimum Gasteiger partial charge on any atom is -0.491 e. The predicted molar refractivity (Wildman–Crippen MR) is 110 cm³/mol. The summed E-state index contributed by atoms with van der Waals surface area (Å²) < 4.78 is 13.8. The van der Waals surface area contributed by atoms with Crippen LogP contribution in [0.25, 0.3) is 22.5 Å². The first-order chi connectivity index (χ1) is 14.2. The Labute approximate surface area is 172 Å². The van der Waals surface area contributed by atoms with Crippen molar-refractivity contribution in [3.63, 3.8) is 0 Å². The molecule has 4 aromatic rings. The monoisotopic (exact) mass is 404 g/mol. The van der Waals surface area contributed by atoms with E-state index in [4.69, 9.17) is 21.1 Å². The van der Waals surface area contributed by atoms with E-state index in [0.29, 0.717) is 35.8 Å². The number of pyridine rings is 1. The molecule has 7 heteroatoms. The van der Waals surface area contributed by atoms with Crippen molar-refractivity contribution in [1.82, 2.24) is 19.7 Å². The van der Waals surface area contributed by atoms with Crippen LogP contribution in [-0.4, -0.2) is 26.4 Å². The second kappa shape index (κ2) is 7.22. The topological polar surface area (TPSA) is 62.1 Å². The van der Waals surface area contributed by atoms with Crippen molar-refractivity contribution in [3.05, 3.63) is 71.5 Å². The fourth-order valence-electron chi connectivity index (χ4n) is 3.38. The van der Waals surface area contributed by atoms with Gasteiger partial charge in [-0.2, -0.15) is 0 Å². The van der Waals surface area contributed by atoms with Crippen LogP contribution in [0, 0.1) is 6.92 Å². The van der Waals surface area contributed by atoms with Crippen LogP contribution in [0.5, 0.6) is 17.5 Å². The van der Waals surface area contributed by atoms with Gasteiger partial charge >= 0.3 is 6.01 Å². The van der Waals surface area contributed by atoms with Gasteiger partial charge in [-0.05, 0) is 60.5 Å². The summed E-state index contributed by atoms with van der Waals surface area (Å²) in [6.07, 6.45) is 1.81. The molecule has 0 atom stereocenters. The van der Waals surface area contributed by atoms with Gasteiger partial charge in [-0.3, -0.25) is 9.55 Å². The van der Waals surface area contributed by atoms with Crippen LogP contribution < -0.4 is 9.47 Å². The predicted octanol–water partition coefficient (Wildman–Crippen LogP) is 5.15. The maximum Gasteiger partial charge on any atom is 0.322 e. The van der Waals surface area contributed by atoms with Gasteiger partial charge in [-0.25, -0.2) is 0 Å². The summed E-state index contributed by atoms with van der Waals surface area (Å²) in [6, 6.07) is 17.7. The van der Waals surface area contributed by atoms with Crippen LogP contribution in [0.15, 0.2) is 60.8 Å². The lowest BCUT2D eigenvalue weighted by Crippen LogP contribution is -2.07. The minimum absolute atomic E-state index is 0.406. The molecule has 0 aliphatic carbocycles. The van der Waals surface area contributed by atoms with Crippen LogP contribution in [-0.2, 0) is 6.54 Å². The zero-order chi connectivity index (χ0) is 19.8. The Bertz CT molecular complexity index is 1210. The van der Waals surface area contributed by atoms with Crippen molar-refractivity contribution >= 4 is 11.6 Å². The molecule has 0 bridgehead atoms. The van der Waals surface area contributed by atoms with Crippen molar-refractivity contribution in [2.24, 2.45) is 0 Å². The fraction of sp³-hybridized carbons (Fsp3) is 0.136. The second-order valence-corrected chi connectivity index (χ2v) is 7.20. The summed E-state index contributed by atoms with van der Waals surface area (Å²) >= 11 is 6.06. The Morgan fingerprint density at radius 3 is 2.79 bits per heavy atom. The SMILES string of the molecule is Cc1cc(-c2ccc3c(c2)-c2nnc(Oc4cccc(Cl)c4)n2CCO3)ccn1. The number of rotatable bonds is 3. The maximum absolute atomic E-state index is 6.06. The highest BCUT2D eigenvalue weighted by Crippen LogP contribution is 2.37. The second-order valence-electron chi connectivity index (χ2n) is 6.76. The molecule has 0 amide bonds. The smallest absolute Gasteiger partial charge is 0.322 e. The van der Waals surface area contributed by atoms with Crippen molar-refractivity contribution < 1.29 is 9.47 Å². The molecule has 1 aliphatic heterocycles. The maximum atomic E-state index is 6.06. The van der Waals surface area contributed by atoms with Crippen LogP contribution in [0.2, 0.25) is 5.02 Å². The Balaban J connectivity index is 1.57. The van der Waals surface area contributed by atoms with Crippen LogP contribution in [0.1, 0.15) is 5.69 Å². The summed E-state index contributed by atoms with van der Waals surface area (Å²) in [5.41, 5.74) is 3.99. The summed E-state index contributed by atoms with van der Waals surface area (Å²) in [5, 5.41) is 9.25. The van der Waals surface area contributed by atoms with Gasteiger partial charge in [0.25, 0.3) is 0 Å². The summed E-state index contributed by atoms with van der Waals surface area (Å²) in [4.78, 5) is 4.28. The number of hydrogen-bond donors (Lipinski definition) is 0. The number of fused-ring (bicyclic) bond motifs is 3. The van der Waals surface area contributed by atoms with Gasteiger partial charge in [0.1, 0.15) is 18.1 Å². The Hall–Kier alpha value is -3.38. The van der Waals surface area contributed by atoms with Crippen molar-refractivity contribution in [1.29, 1.82) is 0 Å². The molecule has 0 unspecified atom stereocenters. The fourth-order valence-corrected chi connectivity index (χ4v) is 3.56. The highest BCUT2D eigenvalue weighted by Gasteiger charge is 2.22. The normalized spacial score (nSPS) is 12.5. The summed E-state index contributed by atoms with van der Waals surface area (Å²) in [7, 11) is 0. The van der Waals surface area contributed by atoms with Crippen LogP contribution in [0.3, 0.4) is 0 Å². The highest BCUT2D eigenvalue weighted by molar-refractivity contribution is 6.30. The van der Waals surface area contributed by atoms with E-state index in [0.717, 1.165) is 28.1 Å². The van der Waals surface area contributed by atoms with Crippen molar-refractivity contribution in [3.8, 4) is 40.0 Å². The first kappa shape index (κ1) is 17.7. The number of hydrogen-bond acceptors (Lipinski definition) is 5. The average Bonchev–Trinajstić information content (AvgIpc) is 3.00. The molecule has 2 aromatic carbocycles. The molecule has 5 rings (SSSR count). The van der Waals surface area contributed by atoms with E-state index in [9.17, 15) is 0 Å². The van der Waals surface area contributed by atoms with Gasteiger partial charge in [0.15, 0.2) is 5.82 Å². The van der Waals surface area contributed by atoms with Gasteiger partial charge in [0, 0.05) is 16.9 Å². The van der Waals surface area contributed by atoms with Gasteiger partial charge < -0.3 is 9.47 Å². The molecule has 2 aromatic heterocycles. The van der Waals surface area contributed by atoms with Gasteiger partial charge in [-0.1, -0.05) is 28.8 Å². The van der Waals surface area contributed by atoms with Crippen LogP contribution >= 0.6 is 11.6 Å². The molecule has 0 saturated heterocycles. The lowest BCUT2D eigenvalue weighted by molar-refractivity contribution is 0.296. The third-order valence-electron chi connectivity index (χ3n) is 4.74. The number of aryl methyl sites for hydroxylation is 1. The van der Waals surface area contributed by atoms with Crippen molar-refractivity contribution in [2.45, 2.75) is 13.5 Å². The third kappa shape index (κ3) is 3.43. The summed E-state index contributed by atoms with van der Waals surface area (Å²) in [5.74, 6) is 2.10. The number of nitrogens with zero attached hydrogens (tertiary/aromatic N) is 4. The van der Waals surface area contributed by atoms with E-state index in [-0.39, 0.29) is 0 Å². The van der Waals surface area contributed by atoms with Gasteiger partial charge in [-0.15, -0.1) is 5.10 Å². The molecule has 144 valence electrons. The zero-order valence-corrected chi connectivity index (χ0v) is 16.4. The van der Waals surface area contributed by atoms with E-state index in [2.05, 4.69) is 27.3 Å². The molecular weight excluding hydrogens is 388 g/mol. The molecule has 0 radical (unpaired) electrons. The molecule has 29 heavy (non-hydrogen) atoms. The standard InChI is InChI=1S/C22H17ClN4O2/c1-14-11-16(7-8-24-14)15-5-6-20-19(12-15)21-25-26-22(27(21)9-10-28-20)29-18-4-2-3-17(23)13-18/h2-8,11-13H,9-10H2,1H3. The molecule has 3 heterocycles. The van der Waals surface area contributed by atoms with E-state index >= 15 is 0 Å². The molecule has 0 saturated carbocycles. The van der Waals surface area contributed by atoms with Crippen molar-refractivity contribution in [2.75, 3.05) is 6.61 Å². The molecule has 0 N–H and O–H groups in total. The molecule has 0 fully saturated rings. The molecule has 1 aliphatic rings. The third-order valence-corrected chi connectivity index (χ3v) is 4.98. The molecule has 0 spiro atoms. The van der Waals surface area contributed by atoms with E-state index in [1.54, 1.807) is 12.1 Å². The Morgan fingerprint density at radius 1 is 1.03 bits per heavy atom. The van der Waals surface area contributed by atoms with Gasteiger partial charge in [0.05, 0.1) is 12.1 Å². The number of aromatic nitrogens is 4. The number of ether oxygens (including phenoxy) is 2. The first-order valence-electron chi connectivity index (χ1n) is 9.24. The average molecular weight is 405 g/mol. The van der Waals surface area contributed by atoms with Crippen LogP contribution in [0.4, 0.5) is 0 Å². The Kier molecular flexibility index (Phi) is 4.41. The minimum atomic E-state index is 0.406. The number of benzene rings is 2. The lowest BCUT2D eigenvalue weighted by Gasteiger charge is -2.09. The van der Waals surface area contributed by atoms with Gasteiger partial charge in [0.2, 0.25) is 0 Å². The Morgan fingerprint density at radius 2 is 1.93 bits per heavy atom. The summed E-state index contributed by atoms with van der Waals surface area (Å²) in [6.45, 7) is 3.06. The van der Waals surface area contributed by atoms with E-state index in [1.807, 2.05) is 48.0 Å². The van der Waals surface area contributed by atoms with E-state index in [1.165, 1.54) is 0 Å². The molecular formula is C22H17ClN4O2. The van der Waals surface area contributed by atoms with E-state index < -0.39 is 0 Å². The first-order valence-corrected chi connectivity index (χ1v) is 9.62. The number of halogens is 1. The molecule has 6 nitrogen and oxygen atoms in total. The largest absolute Gasteiger partial charge is 0.491 e. The highest BCUT2D eigenvalue weighted by atomic mass is 35.5. The zero-order valence-electron chi connectivity index (χ0n) is 15.7. The lowest BCUT2D eigenvalue weighted by atomic mass is 10.0.